The van der Waals surface area contributed by atoms with Gasteiger partial charge in [0, 0.05) is 31.6 Å². The van der Waals surface area contributed by atoms with Gasteiger partial charge in [0.1, 0.15) is 17.9 Å². The van der Waals surface area contributed by atoms with Crippen molar-refractivity contribution in [3.63, 3.8) is 0 Å². The molecule has 1 aliphatic heterocycles. The molecule has 30 heavy (non-hydrogen) atoms. The molecule has 0 unspecified atom stereocenters. The van der Waals surface area contributed by atoms with Crippen molar-refractivity contribution in [1.29, 1.82) is 0 Å². The van der Waals surface area contributed by atoms with Crippen LogP contribution in [0.1, 0.15) is 36.9 Å². The number of hydrogen-bond acceptors (Lipinski definition) is 5. The number of pyridine rings is 1. The number of nitrogens with zero attached hydrogens (tertiary/aromatic N) is 2. The molecule has 6 heteroatoms. The number of carbonyl (C=O) groups is 1. The summed E-state index contributed by atoms with van der Waals surface area (Å²) in [5.41, 5.74) is 1.23. The van der Waals surface area contributed by atoms with Gasteiger partial charge in [-0.2, -0.15) is 0 Å². The van der Waals surface area contributed by atoms with Crippen LogP contribution in [0.3, 0.4) is 0 Å². The van der Waals surface area contributed by atoms with Crippen molar-refractivity contribution in [2.24, 2.45) is 0 Å². The second-order valence-corrected chi connectivity index (χ2v) is 8.45. The highest BCUT2D eigenvalue weighted by Gasteiger charge is 2.51. The van der Waals surface area contributed by atoms with Gasteiger partial charge in [-0.05, 0) is 63.4 Å². The van der Waals surface area contributed by atoms with Crippen molar-refractivity contribution in [1.82, 2.24) is 15.2 Å². The summed E-state index contributed by atoms with van der Waals surface area (Å²) < 4.78 is 11.5. The van der Waals surface area contributed by atoms with Gasteiger partial charge in [-0.1, -0.05) is 24.3 Å². The number of aryl methyl sites for hydroxylation is 1. The fourth-order valence-electron chi connectivity index (χ4n) is 4.22. The number of amides is 1. The molecule has 0 radical (unpaired) electrons. The zero-order valence-electron chi connectivity index (χ0n) is 17.9. The summed E-state index contributed by atoms with van der Waals surface area (Å²) in [5.74, 6) is 0.936. The van der Waals surface area contributed by atoms with Gasteiger partial charge in [0.2, 0.25) is 5.91 Å². The first-order valence-electron chi connectivity index (χ1n) is 10.8. The quantitative estimate of drug-likeness (QED) is 0.726. The number of aromatic nitrogens is 1. The van der Waals surface area contributed by atoms with E-state index in [1.807, 2.05) is 56.6 Å². The Balaban J connectivity index is 1.44. The van der Waals surface area contributed by atoms with Crippen molar-refractivity contribution in [3.8, 4) is 5.75 Å². The lowest BCUT2D eigenvalue weighted by Gasteiger charge is -2.43. The molecule has 6 nitrogen and oxygen atoms in total. The third-order valence-corrected chi connectivity index (χ3v) is 6.48. The van der Waals surface area contributed by atoms with E-state index in [0.29, 0.717) is 39.2 Å². The lowest BCUT2D eigenvalue weighted by atomic mass is 9.86. The van der Waals surface area contributed by atoms with E-state index < -0.39 is 5.54 Å². The molecular weight excluding hydrogens is 378 g/mol. The Morgan fingerprint density at radius 3 is 2.50 bits per heavy atom. The number of ether oxygens (including phenoxy) is 2. The molecule has 2 aliphatic rings. The molecule has 2 fully saturated rings. The molecule has 1 aliphatic carbocycles. The SMILES string of the molecule is Cc1ccc(C2(NC(=O)C3(N(C)CCOc4ccccc4)CCOCC3)CC2)cn1. The summed E-state index contributed by atoms with van der Waals surface area (Å²) in [6.45, 7) is 4.36. The van der Waals surface area contributed by atoms with Gasteiger partial charge in [0.05, 0.1) is 5.54 Å². The number of rotatable bonds is 8. The van der Waals surface area contributed by atoms with Crippen LogP contribution in [0.25, 0.3) is 0 Å². The van der Waals surface area contributed by atoms with Gasteiger partial charge < -0.3 is 14.8 Å². The molecule has 0 spiro atoms. The van der Waals surface area contributed by atoms with Gasteiger partial charge >= 0.3 is 0 Å². The highest BCUT2D eigenvalue weighted by molar-refractivity contribution is 5.87. The summed E-state index contributed by atoms with van der Waals surface area (Å²) >= 11 is 0. The summed E-state index contributed by atoms with van der Waals surface area (Å²) in [7, 11) is 2.02. The van der Waals surface area contributed by atoms with Crippen molar-refractivity contribution < 1.29 is 14.3 Å². The molecule has 1 amide bonds. The Labute approximate surface area is 178 Å². The molecule has 4 rings (SSSR count). The van der Waals surface area contributed by atoms with Crippen LogP contribution in [0.2, 0.25) is 0 Å². The summed E-state index contributed by atoms with van der Waals surface area (Å²) in [6.07, 6.45) is 5.18. The summed E-state index contributed by atoms with van der Waals surface area (Å²) in [4.78, 5) is 20.2. The molecule has 1 aromatic carbocycles. The Morgan fingerprint density at radius 1 is 1.13 bits per heavy atom. The van der Waals surface area contributed by atoms with Crippen LogP contribution in [-0.2, 0) is 15.1 Å². The number of benzene rings is 1. The highest BCUT2D eigenvalue weighted by atomic mass is 16.5. The third-order valence-electron chi connectivity index (χ3n) is 6.48. The Hall–Kier alpha value is -2.44. The van der Waals surface area contributed by atoms with Crippen LogP contribution in [0, 0.1) is 6.92 Å². The minimum absolute atomic E-state index is 0.0890. The van der Waals surface area contributed by atoms with E-state index in [9.17, 15) is 4.79 Å². The molecule has 1 N–H and O–H groups in total. The molecule has 160 valence electrons. The standard InChI is InChI=1S/C24H31N3O3/c1-19-8-9-20(18-25-19)23(10-11-23)26-22(28)24(12-15-29-16-13-24)27(2)14-17-30-21-6-4-3-5-7-21/h3-9,18H,10-17H2,1-2H3,(H,26,28). The topological polar surface area (TPSA) is 63.7 Å². The van der Waals surface area contributed by atoms with Gasteiger partial charge in [0.25, 0.3) is 0 Å². The van der Waals surface area contributed by atoms with Gasteiger partial charge in [-0.3, -0.25) is 14.7 Å². The van der Waals surface area contributed by atoms with Crippen molar-refractivity contribution in [2.45, 2.75) is 43.7 Å². The predicted molar refractivity (Wildman–Crippen MR) is 115 cm³/mol. The molecule has 2 heterocycles. The van der Waals surface area contributed by atoms with E-state index in [1.165, 1.54) is 0 Å². The highest BCUT2D eigenvalue weighted by Crippen LogP contribution is 2.46. The van der Waals surface area contributed by atoms with Crippen LogP contribution >= 0.6 is 0 Å². The smallest absolute Gasteiger partial charge is 0.241 e. The van der Waals surface area contributed by atoms with E-state index in [4.69, 9.17) is 9.47 Å². The first-order chi connectivity index (χ1) is 14.5. The summed E-state index contributed by atoms with van der Waals surface area (Å²) in [5, 5.41) is 3.39. The molecule has 1 saturated heterocycles. The second kappa shape index (κ2) is 8.74. The van der Waals surface area contributed by atoms with Crippen LogP contribution < -0.4 is 10.1 Å². The fourth-order valence-corrected chi connectivity index (χ4v) is 4.22. The Morgan fingerprint density at radius 2 is 1.87 bits per heavy atom. The average molecular weight is 410 g/mol. The van der Waals surface area contributed by atoms with Gasteiger partial charge in [-0.15, -0.1) is 0 Å². The zero-order chi connectivity index (χ0) is 21.0. The minimum Gasteiger partial charge on any atom is -0.492 e. The lowest BCUT2D eigenvalue weighted by Crippen LogP contribution is -2.62. The van der Waals surface area contributed by atoms with E-state index in [0.717, 1.165) is 29.8 Å². The Bertz CT molecular complexity index is 844. The van der Waals surface area contributed by atoms with Crippen LogP contribution in [0.15, 0.2) is 48.7 Å². The fraction of sp³-hybridized carbons (Fsp3) is 0.500. The number of carbonyl (C=O) groups excluding carboxylic acids is 1. The lowest BCUT2D eigenvalue weighted by molar-refractivity contribution is -0.140. The van der Waals surface area contributed by atoms with Crippen molar-refractivity contribution in [2.75, 3.05) is 33.4 Å². The number of para-hydroxylation sites is 1. The van der Waals surface area contributed by atoms with E-state index in [2.05, 4.69) is 21.3 Å². The Kier molecular flexibility index (Phi) is 6.06. The van der Waals surface area contributed by atoms with Crippen LogP contribution in [0.4, 0.5) is 0 Å². The van der Waals surface area contributed by atoms with Crippen LogP contribution in [0.5, 0.6) is 5.75 Å². The maximum Gasteiger partial charge on any atom is 0.241 e. The number of likely N-dealkylation sites (N-methyl/N-ethyl adjacent to an activating group) is 1. The maximum atomic E-state index is 13.6. The monoisotopic (exact) mass is 409 g/mol. The van der Waals surface area contributed by atoms with E-state index in [1.54, 1.807) is 0 Å². The van der Waals surface area contributed by atoms with Gasteiger partial charge in [-0.25, -0.2) is 0 Å². The second-order valence-electron chi connectivity index (χ2n) is 8.45. The third kappa shape index (κ3) is 4.35. The molecular formula is C24H31N3O3. The van der Waals surface area contributed by atoms with Gasteiger partial charge in [0.15, 0.2) is 0 Å². The minimum atomic E-state index is -0.577. The van der Waals surface area contributed by atoms with E-state index in [-0.39, 0.29) is 11.4 Å². The maximum absolute atomic E-state index is 13.6. The molecule has 1 saturated carbocycles. The number of nitrogens with one attached hydrogen (secondary N) is 1. The first-order valence-corrected chi connectivity index (χ1v) is 10.8. The zero-order valence-corrected chi connectivity index (χ0v) is 17.9. The van der Waals surface area contributed by atoms with Crippen molar-refractivity contribution >= 4 is 5.91 Å². The van der Waals surface area contributed by atoms with Crippen molar-refractivity contribution in [3.05, 3.63) is 59.9 Å². The van der Waals surface area contributed by atoms with E-state index >= 15 is 0 Å². The largest absolute Gasteiger partial charge is 0.492 e. The molecule has 0 bridgehead atoms. The molecule has 1 aromatic heterocycles. The molecule has 0 atom stereocenters. The average Bonchev–Trinajstić information content (AvgIpc) is 3.55. The predicted octanol–water partition coefficient (Wildman–Crippen LogP) is 3.06. The summed E-state index contributed by atoms with van der Waals surface area (Å²) in [6, 6.07) is 13.9. The molecule has 2 aromatic rings. The van der Waals surface area contributed by atoms with Crippen LogP contribution in [-0.4, -0.2) is 54.7 Å². The normalized spacial score (nSPS) is 19.3. The number of hydrogen-bond donors (Lipinski definition) is 1. The first kappa shape index (κ1) is 20.8.